The molecule has 1 aliphatic rings. The molecule has 1 aliphatic carbocycles. The fourth-order valence-electron chi connectivity index (χ4n) is 7.20. The Labute approximate surface area is 291 Å². The van der Waals surface area contributed by atoms with E-state index in [1.54, 1.807) is 6.08 Å². The number of aryl methyl sites for hydroxylation is 1. The molecule has 49 heavy (non-hydrogen) atoms. The first kappa shape index (κ1) is 33.2. The van der Waals surface area contributed by atoms with Crippen molar-refractivity contribution in [2.24, 2.45) is 0 Å². The van der Waals surface area contributed by atoms with Crippen LogP contribution in [0.1, 0.15) is 72.2 Å². The predicted octanol–water partition coefficient (Wildman–Crippen LogP) is 11.3. The molecule has 1 heteroatoms. The number of fused-ring (bicyclic) bond motifs is 3. The number of hydrogen-bond acceptors (Lipinski definition) is 1. The van der Waals surface area contributed by atoms with Gasteiger partial charge in [-0.15, -0.1) is 0 Å². The van der Waals surface area contributed by atoms with Crippen LogP contribution in [0, 0.1) is 25.2 Å². The standard InChI is InChI=1S/C48H43N/c1-9-11-15-36-20-21-37(34(6)33(36)5)19-17-31(3)39-23-22-38(13-10-2)44(28-39)47-32(4)14-12-16-41(47)40-24-26-43-42-25-18-35(30-49)27-45(42)48(7,8)46(43)29-40/h9-29H,1,6H2,2-5,7-8H3/b13-10+,15-11-,31-17+,37-19-. The summed E-state index contributed by atoms with van der Waals surface area (Å²) >= 11 is 0. The summed E-state index contributed by atoms with van der Waals surface area (Å²) in [4.78, 5) is 0. The molecule has 240 valence electrons. The van der Waals surface area contributed by atoms with E-state index in [0.717, 1.165) is 16.0 Å². The monoisotopic (exact) mass is 633 g/mol. The van der Waals surface area contributed by atoms with Crippen molar-refractivity contribution < 1.29 is 0 Å². The third kappa shape index (κ3) is 6.08. The topological polar surface area (TPSA) is 23.8 Å². The summed E-state index contributed by atoms with van der Waals surface area (Å²) in [7, 11) is 0. The number of benzene rings is 5. The zero-order valence-corrected chi connectivity index (χ0v) is 29.5. The Bertz CT molecular complexity index is 2380. The first-order valence-electron chi connectivity index (χ1n) is 16.9. The Morgan fingerprint density at radius 1 is 0.796 bits per heavy atom. The lowest BCUT2D eigenvalue weighted by Gasteiger charge is -2.23. The van der Waals surface area contributed by atoms with Crippen molar-refractivity contribution in [2.45, 2.75) is 47.0 Å². The molecule has 0 amide bonds. The van der Waals surface area contributed by atoms with Gasteiger partial charge in [0.1, 0.15) is 0 Å². The van der Waals surface area contributed by atoms with E-state index in [9.17, 15) is 5.26 Å². The maximum absolute atomic E-state index is 9.60. The van der Waals surface area contributed by atoms with Gasteiger partial charge in [0.2, 0.25) is 0 Å². The average Bonchev–Trinajstić information content (AvgIpc) is 3.33. The van der Waals surface area contributed by atoms with Crippen molar-refractivity contribution in [2.75, 3.05) is 0 Å². The van der Waals surface area contributed by atoms with Gasteiger partial charge < -0.3 is 0 Å². The molecule has 0 aliphatic heterocycles. The van der Waals surface area contributed by atoms with Crippen molar-refractivity contribution in [3.05, 3.63) is 171 Å². The van der Waals surface area contributed by atoms with Gasteiger partial charge in [-0.1, -0.05) is 130 Å². The zero-order chi connectivity index (χ0) is 34.9. The summed E-state index contributed by atoms with van der Waals surface area (Å²) in [5.41, 5.74) is 17.5. The van der Waals surface area contributed by atoms with Crippen LogP contribution in [-0.4, -0.2) is 0 Å². The maximum atomic E-state index is 9.60. The Balaban J connectivity index is 1.46. The van der Waals surface area contributed by atoms with Crippen LogP contribution in [0.3, 0.4) is 0 Å². The van der Waals surface area contributed by atoms with Gasteiger partial charge in [0.25, 0.3) is 0 Å². The maximum Gasteiger partial charge on any atom is 0.0991 e. The van der Waals surface area contributed by atoms with Crippen LogP contribution in [0.2, 0.25) is 0 Å². The van der Waals surface area contributed by atoms with E-state index in [1.807, 2.05) is 12.1 Å². The molecule has 0 atom stereocenters. The Morgan fingerprint density at radius 3 is 2.27 bits per heavy atom. The first-order valence-corrected chi connectivity index (χ1v) is 16.9. The Hall–Kier alpha value is -5.71. The minimum absolute atomic E-state index is 0.207. The molecule has 5 aromatic carbocycles. The van der Waals surface area contributed by atoms with E-state index in [0.29, 0.717) is 5.56 Å². The Kier molecular flexibility index (Phi) is 9.09. The molecule has 1 nitrogen and oxygen atoms in total. The largest absolute Gasteiger partial charge is 0.192 e. The minimum Gasteiger partial charge on any atom is -0.192 e. The zero-order valence-electron chi connectivity index (χ0n) is 29.5. The number of nitrogens with zero attached hydrogens (tertiary/aromatic N) is 1. The summed E-state index contributed by atoms with van der Waals surface area (Å²) in [6.07, 6.45) is 14.5. The van der Waals surface area contributed by atoms with Gasteiger partial charge in [-0.25, -0.2) is 0 Å². The quantitative estimate of drug-likeness (QED) is 0.164. The van der Waals surface area contributed by atoms with Crippen LogP contribution in [0.5, 0.6) is 0 Å². The van der Waals surface area contributed by atoms with Gasteiger partial charge >= 0.3 is 0 Å². The highest BCUT2D eigenvalue weighted by Crippen LogP contribution is 2.50. The molecular formula is C48H43N. The number of allylic oxidation sites excluding steroid dienone is 5. The van der Waals surface area contributed by atoms with Crippen LogP contribution in [0.4, 0.5) is 0 Å². The average molecular weight is 634 g/mol. The second-order valence-corrected chi connectivity index (χ2v) is 13.5. The lowest BCUT2D eigenvalue weighted by Crippen LogP contribution is -2.26. The van der Waals surface area contributed by atoms with Crippen molar-refractivity contribution in [1.82, 2.24) is 0 Å². The third-order valence-electron chi connectivity index (χ3n) is 10.1. The van der Waals surface area contributed by atoms with Crippen molar-refractivity contribution >= 4 is 30.4 Å². The molecule has 0 heterocycles. The van der Waals surface area contributed by atoms with E-state index in [4.69, 9.17) is 0 Å². The van der Waals surface area contributed by atoms with Crippen LogP contribution in [0.25, 0.3) is 63.8 Å². The molecule has 0 saturated carbocycles. The molecule has 0 saturated heterocycles. The second-order valence-electron chi connectivity index (χ2n) is 13.5. The molecule has 0 radical (unpaired) electrons. The van der Waals surface area contributed by atoms with Crippen LogP contribution >= 0.6 is 0 Å². The second kappa shape index (κ2) is 13.4. The SMILES string of the molecule is C=C/C=C\c1cc/c(=C/C=C(\C)c2ccc(/C=C/C)c(-c3c(C)cccc3-c3ccc4c(c3)C(C)(C)c3cc(C#N)ccc3-4)c2)c(=C)c1C. The van der Waals surface area contributed by atoms with Gasteiger partial charge in [0, 0.05) is 5.41 Å². The van der Waals surface area contributed by atoms with Crippen LogP contribution in [0.15, 0.2) is 116 Å². The fourth-order valence-corrected chi connectivity index (χ4v) is 7.20. The van der Waals surface area contributed by atoms with Gasteiger partial charge in [0.05, 0.1) is 11.6 Å². The molecular weight excluding hydrogens is 591 g/mol. The van der Waals surface area contributed by atoms with Gasteiger partial charge in [-0.3, -0.25) is 0 Å². The van der Waals surface area contributed by atoms with Crippen molar-refractivity contribution in [1.29, 1.82) is 5.26 Å². The highest BCUT2D eigenvalue weighted by molar-refractivity contribution is 5.93. The summed E-state index contributed by atoms with van der Waals surface area (Å²) < 4.78 is 0. The van der Waals surface area contributed by atoms with Crippen molar-refractivity contribution in [3.8, 4) is 39.4 Å². The summed E-state index contributed by atoms with van der Waals surface area (Å²) in [5, 5.41) is 11.7. The van der Waals surface area contributed by atoms with Gasteiger partial charge in [-0.2, -0.15) is 5.26 Å². The van der Waals surface area contributed by atoms with E-state index in [-0.39, 0.29) is 5.41 Å². The van der Waals surface area contributed by atoms with E-state index in [2.05, 4.69) is 170 Å². The number of nitriles is 1. The number of hydrogen-bond donors (Lipinski definition) is 0. The van der Waals surface area contributed by atoms with Crippen LogP contribution < -0.4 is 10.4 Å². The number of rotatable bonds is 7. The summed E-state index contributed by atoms with van der Waals surface area (Å²) in [6, 6.07) is 33.0. The lowest BCUT2D eigenvalue weighted by molar-refractivity contribution is 0.660. The summed E-state index contributed by atoms with van der Waals surface area (Å²) in [6.45, 7) is 21.3. The van der Waals surface area contributed by atoms with Crippen molar-refractivity contribution in [3.63, 3.8) is 0 Å². The molecule has 6 rings (SSSR count). The molecule has 0 N–H and O–H groups in total. The van der Waals surface area contributed by atoms with Gasteiger partial charge in [-0.05, 0) is 140 Å². The normalized spacial score (nSPS) is 13.9. The van der Waals surface area contributed by atoms with Gasteiger partial charge in [0.15, 0.2) is 0 Å². The lowest BCUT2D eigenvalue weighted by atomic mass is 9.80. The fraction of sp³-hybridized carbons (Fsp3) is 0.146. The smallest absolute Gasteiger partial charge is 0.0991 e. The van der Waals surface area contributed by atoms with E-state index >= 15 is 0 Å². The van der Waals surface area contributed by atoms with E-state index < -0.39 is 0 Å². The molecule has 0 aromatic heterocycles. The first-order chi connectivity index (χ1) is 23.6. The highest BCUT2D eigenvalue weighted by Gasteiger charge is 2.36. The molecule has 0 spiro atoms. The minimum atomic E-state index is -0.207. The molecule has 0 fully saturated rings. The predicted molar refractivity (Wildman–Crippen MR) is 212 cm³/mol. The molecule has 0 bridgehead atoms. The molecule has 5 aromatic rings. The highest BCUT2D eigenvalue weighted by atomic mass is 14.4. The van der Waals surface area contributed by atoms with E-state index in [1.165, 1.54) is 72.3 Å². The summed E-state index contributed by atoms with van der Waals surface area (Å²) in [5.74, 6) is 0. The Morgan fingerprint density at radius 2 is 1.53 bits per heavy atom. The molecule has 0 unspecified atom stereocenters. The van der Waals surface area contributed by atoms with Crippen LogP contribution in [-0.2, 0) is 5.41 Å². The third-order valence-corrected chi connectivity index (χ3v) is 10.1.